The second-order valence-corrected chi connectivity index (χ2v) is 8.50. The lowest BCUT2D eigenvalue weighted by Crippen LogP contribution is -2.48. The number of piperidine rings is 1. The normalized spacial score (nSPS) is 23.4. The lowest BCUT2D eigenvalue weighted by atomic mass is 9.97. The van der Waals surface area contributed by atoms with Crippen molar-refractivity contribution in [1.82, 2.24) is 14.8 Å². The van der Waals surface area contributed by atoms with E-state index in [-0.39, 0.29) is 30.2 Å². The summed E-state index contributed by atoms with van der Waals surface area (Å²) in [6, 6.07) is 15.8. The summed E-state index contributed by atoms with van der Waals surface area (Å²) < 4.78 is 16.1. The zero-order valence-corrected chi connectivity index (χ0v) is 18.1. The molecule has 1 amide bonds. The molecule has 30 heavy (non-hydrogen) atoms. The first kappa shape index (κ1) is 20.9. The maximum atomic E-state index is 14.1. The Kier molecular flexibility index (Phi) is 5.60. The topological polar surface area (TPSA) is 37.3 Å². The summed E-state index contributed by atoms with van der Waals surface area (Å²) in [7, 11) is 4.14. The molecule has 2 bridgehead atoms. The predicted molar refractivity (Wildman–Crippen MR) is 121 cm³/mol. The molecule has 0 aliphatic carbocycles. The number of aromatic nitrogens is 1. The quantitative estimate of drug-likeness (QED) is 0.654. The highest BCUT2D eigenvalue weighted by Crippen LogP contribution is 2.36. The van der Waals surface area contributed by atoms with E-state index in [1.54, 1.807) is 6.07 Å². The minimum atomic E-state index is -0.325. The zero-order valence-electron chi connectivity index (χ0n) is 17.3. The van der Waals surface area contributed by atoms with E-state index < -0.39 is 0 Å². The van der Waals surface area contributed by atoms with Gasteiger partial charge in [-0.15, -0.1) is 12.4 Å². The summed E-state index contributed by atoms with van der Waals surface area (Å²) >= 11 is 0. The van der Waals surface area contributed by atoms with Crippen molar-refractivity contribution >= 4 is 29.2 Å². The maximum absolute atomic E-state index is 14.1. The molecule has 2 aromatic carbocycles. The van der Waals surface area contributed by atoms with Crippen molar-refractivity contribution in [2.75, 3.05) is 7.05 Å². The minimum absolute atomic E-state index is 0. The molecule has 3 aromatic rings. The smallest absolute Gasteiger partial charge is 0.254 e. The highest BCUT2D eigenvalue weighted by atomic mass is 35.5. The van der Waals surface area contributed by atoms with Crippen LogP contribution in [0.4, 0.5) is 4.39 Å². The second-order valence-electron chi connectivity index (χ2n) is 8.50. The highest BCUT2D eigenvalue weighted by Gasteiger charge is 2.39. The van der Waals surface area contributed by atoms with Gasteiger partial charge in [-0.3, -0.25) is 4.79 Å². The number of carbonyl (C=O) groups is 1. The van der Waals surface area contributed by atoms with Gasteiger partial charge in [-0.05, 0) is 56.5 Å². The fourth-order valence-electron chi connectivity index (χ4n) is 5.37. The number of carbonyl (C=O) groups excluding carboxylic acids is 1. The molecule has 6 heteroatoms. The van der Waals surface area contributed by atoms with E-state index in [4.69, 9.17) is 0 Å². The van der Waals surface area contributed by atoms with Gasteiger partial charge in [0.15, 0.2) is 0 Å². The molecular formula is C24H27ClFN3O. The van der Waals surface area contributed by atoms with Crippen LogP contribution in [0.3, 0.4) is 0 Å². The van der Waals surface area contributed by atoms with Crippen LogP contribution in [-0.4, -0.2) is 40.5 Å². The molecule has 5 rings (SSSR count). The van der Waals surface area contributed by atoms with Crippen molar-refractivity contribution in [3.8, 4) is 11.3 Å². The summed E-state index contributed by atoms with van der Waals surface area (Å²) in [6.07, 6.45) is 4.39. The molecule has 2 aliphatic rings. The molecular weight excluding hydrogens is 401 g/mol. The molecule has 1 aromatic heterocycles. The van der Waals surface area contributed by atoms with Crippen LogP contribution in [-0.2, 0) is 7.05 Å². The first-order valence-corrected chi connectivity index (χ1v) is 10.4. The minimum Gasteiger partial charge on any atom is -0.349 e. The average molecular weight is 428 g/mol. The first-order chi connectivity index (χ1) is 14.0. The Morgan fingerprint density at radius 2 is 1.70 bits per heavy atom. The van der Waals surface area contributed by atoms with Gasteiger partial charge in [-0.25, -0.2) is 4.39 Å². The number of benzene rings is 2. The van der Waals surface area contributed by atoms with E-state index in [1.165, 1.54) is 25.0 Å². The predicted octanol–water partition coefficient (Wildman–Crippen LogP) is 4.76. The van der Waals surface area contributed by atoms with Crippen molar-refractivity contribution in [3.63, 3.8) is 0 Å². The van der Waals surface area contributed by atoms with Gasteiger partial charge in [-0.1, -0.05) is 30.3 Å². The number of halogens is 2. The fourth-order valence-corrected chi connectivity index (χ4v) is 5.37. The molecule has 3 heterocycles. The maximum Gasteiger partial charge on any atom is 0.254 e. The lowest BCUT2D eigenvalue weighted by Gasteiger charge is -2.36. The molecule has 4 nitrogen and oxygen atoms in total. The third kappa shape index (κ3) is 3.40. The van der Waals surface area contributed by atoms with Crippen molar-refractivity contribution in [2.24, 2.45) is 7.05 Å². The van der Waals surface area contributed by atoms with Gasteiger partial charge in [0, 0.05) is 36.1 Å². The zero-order chi connectivity index (χ0) is 20.1. The average Bonchev–Trinajstić information content (AvgIpc) is 3.09. The van der Waals surface area contributed by atoms with Gasteiger partial charge in [0.2, 0.25) is 0 Å². The molecule has 2 aliphatic heterocycles. The van der Waals surface area contributed by atoms with Crippen LogP contribution in [0.5, 0.6) is 0 Å². The van der Waals surface area contributed by atoms with Crippen molar-refractivity contribution in [3.05, 3.63) is 59.9 Å². The summed E-state index contributed by atoms with van der Waals surface area (Å²) in [6.45, 7) is 0. The Labute approximate surface area is 182 Å². The molecule has 158 valence electrons. The third-order valence-corrected chi connectivity index (χ3v) is 6.87. The van der Waals surface area contributed by atoms with Crippen LogP contribution in [0.25, 0.3) is 22.2 Å². The fraction of sp³-hybridized carbons (Fsp3) is 0.375. The van der Waals surface area contributed by atoms with Crippen molar-refractivity contribution in [2.45, 2.75) is 43.8 Å². The molecule has 0 spiro atoms. The Morgan fingerprint density at radius 3 is 2.37 bits per heavy atom. The van der Waals surface area contributed by atoms with Crippen molar-refractivity contribution in [1.29, 1.82) is 0 Å². The molecule has 0 saturated carbocycles. The van der Waals surface area contributed by atoms with Crippen LogP contribution in [0, 0.1) is 5.82 Å². The Bertz CT molecular complexity index is 1070. The number of amides is 1. The number of hydrogen-bond donors (Lipinski definition) is 1. The van der Waals surface area contributed by atoms with E-state index >= 15 is 0 Å². The van der Waals surface area contributed by atoms with Gasteiger partial charge >= 0.3 is 0 Å². The van der Waals surface area contributed by atoms with E-state index in [0.717, 1.165) is 29.6 Å². The number of aryl methyl sites for hydroxylation is 1. The van der Waals surface area contributed by atoms with Crippen molar-refractivity contribution < 1.29 is 9.18 Å². The van der Waals surface area contributed by atoms with Gasteiger partial charge in [0.05, 0.1) is 11.3 Å². The lowest BCUT2D eigenvalue weighted by molar-refractivity contribution is 0.0884. The molecule has 2 fully saturated rings. The molecule has 2 unspecified atom stereocenters. The van der Waals surface area contributed by atoms with Gasteiger partial charge in [0.25, 0.3) is 5.91 Å². The van der Waals surface area contributed by atoms with E-state index in [9.17, 15) is 9.18 Å². The Morgan fingerprint density at radius 1 is 1.03 bits per heavy atom. The SMILES string of the molecule is CN1C2CCC1CC(NC(=O)c1c(-c3ccccc3)n(C)c3ccc(F)cc13)C2.Cl. The van der Waals surface area contributed by atoms with E-state index in [2.05, 4.69) is 17.3 Å². The van der Waals surface area contributed by atoms with Crippen LogP contribution >= 0.6 is 12.4 Å². The van der Waals surface area contributed by atoms with Gasteiger partial charge < -0.3 is 14.8 Å². The molecule has 2 saturated heterocycles. The first-order valence-electron chi connectivity index (χ1n) is 10.4. The summed E-state index contributed by atoms with van der Waals surface area (Å²) in [4.78, 5) is 16.0. The summed E-state index contributed by atoms with van der Waals surface area (Å²) in [5.74, 6) is -0.428. The second kappa shape index (κ2) is 8.05. The van der Waals surface area contributed by atoms with Gasteiger partial charge in [-0.2, -0.15) is 0 Å². The van der Waals surface area contributed by atoms with Crippen LogP contribution in [0.15, 0.2) is 48.5 Å². The molecule has 1 N–H and O–H groups in total. The Hall–Kier alpha value is -2.37. The summed E-state index contributed by atoms with van der Waals surface area (Å²) in [5.41, 5.74) is 3.22. The third-order valence-electron chi connectivity index (χ3n) is 6.87. The van der Waals surface area contributed by atoms with E-state index in [1.807, 2.05) is 41.9 Å². The Balaban J connectivity index is 0.00000218. The number of rotatable bonds is 3. The highest BCUT2D eigenvalue weighted by molar-refractivity contribution is 6.12. The monoisotopic (exact) mass is 427 g/mol. The van der Waals surface area contributed by atoms with E-state index in [0.29, 0.717) is 23.0 Å². The number of nitrogens with zero attached hydrogens (tertiary/aromatic N) is 2. The number of nitrogens with one attached hydrogen (secondary N) is 1. The van der Waals surface area contributed by atoms with Crippen LogP contribution < -0.4 is 5.32 Å². The molecule has 0 radical (unpaired) electrons. The standard InChI is InChI=1S/C24H26FN3O.ClH/c1-27-18-9-10-19(27)14-17(13-18)26-24(29)22-20-12-16(25)8-11-21(20)28(2)23(22)15-6-4-3-5-7-15;/h3-8,11-12,17-19H,9-10,13-14H2,1-2H3,(H,26,29);1H. The number of hydrogen-bond acceptors (Lipinski definition) is 2. The largest absolute Gasteiger partial charge is 0.349 e. The van der Waals surface area contributed by atoms with Gasteiger partial charge in [0.1, 0.15) is 5.82 Å². The van der Waals surface area contributed by atoms with Crippen LogP contribution in [0.1, 0.15) is 36.0 Å². The van der Waals surface area contributed by atoms with Crippen LogP contribution in [0.2, 0.25) is 0 Å². The summed E-state index contributed by atoms with van der Waals surface area (Å²) in [5, 5.41) is 3.96. The molecule has 2 atom stereocenters. The number of fused-ring (bicyclic) bond motifs is 3.